The monoisotopic (exact) mass is 414 g/mol. The largest absolute Gasteiger partial charge is 0.484 e. The van der Waals surface area contributed by atoms with Gasteiger partial charge in [-0.2, -0.15) is 0 Å². The summed E-state index contributed by atoms with van der Waals surface area (Å²) in [5, 5.41) is 4.28. The van der Waals surface area contributed by atoms with Gasteiger partial charge < -0.3 is 14.5 Å². The van der Waals surface area contributed by atoms with Crippen LogP contribution >= 0.6 is 0 Å². The van der Waals surface area contributed by atoms with Crippen LogP contribution in [-0.4, -0.2) is 35.8 Å². The van der Waals surface area contributed by atoms with Gasteiger partial charge in [0.1, 0.15) is 5.75 Å². The zero-order chi connectivity index (χ0) is 21.5. The Morgan fingerprint density at radius 1 is 1.00 bits per heavy atom. The van der Waals surface area contributed by atoms with Gasteiger partial charge in [-0.25, -0.2) is 0 Å². The first-order valence-corrected chi connectivity index (χ1v) is 10.5. The number of rotatable bonds is 8. The number of aryl methyl sites for hydroxylation is 1. The number of carbonyl (C=O) groups is 1. The lowest BCUT2D eigenvalue weighted by Crippen LogP contribution is -2.39. The number of hydrogen-bond donors (Lipinski definition) is 0. The molecule has 5 heteroatoms. The van der Waals surface area contributed by atoms with Crippen LogP contribution < -0.4 is 4.74 Å². The molecule has 1 aliphatic heterocycles. The van der Waals surface area contributed by atoms with Crippen molar-refractivity contribution < 1.29 is 14.4 Å². The van der Waals surface area contributed by atoms with Crippen LogP contribution in [-0.2, 0) is 16.2 Å². The van der Waals surface area contributed by atoms with Crippen molar-refractivity contribution in [2.75, 3.05) is 13.2 Å². The van der Waals surface area contributed by atoms with Crippen LogP contribution in [0.4, 0.5) is 0 Å². The van der Waals surface area contributed by atoms with Gasteiger partial charge in [0.25, 0.3) is 5.91 Å². The van der Waals surface area contributed by atoms with Crippen LogP contribution in [0.2, 0.25) is 0 Å². The van der Waals surface area contributed by atoms with Crippen molar-refractivity contribution in [1.29, 1.82) is 0 Å². The molecule has 0 N–H and O–H groups in total. The minimum absolute atomic E-state index is 0.0186. The number of carbonyl (C=O) groups excluding carboxylic acids is 1. The van der Waals surface area contributed by atoms with E-state index in [-0.39, 0.29) is 18.6 Å². The van der Waals surface area contributed by atoms with Crippen LogP contribution in [0.5, 0.6) is 5.75 Å². The van der Waals surface area contributed by atoms with Crippen LogP contribution in [0.1, 0.15) is 23.1 Å². The number of para-hydroxylation sites is 1. The predicted octanol–water partition coefficient (Wildman–Crippen LogP) is 4.60. The summed E-state index contributed by atoms with van der Waals surface area (Å²) >= 11 is 0. The number of hydrogen-bond acceptors (Lipinski definition) is 4. The number of benzene rings is 3. The van der Waals surface area contributed by atoms with Crippen molar-refractivity contribution in [3.05, 3.63) is 102 Å². The van der Waals surface area contributed by atoms with Crippen LogP contribution in [0.15, 0.2) is 90.1 Å². The molecule has 0 radical (unpaired) electrons. The summed E-state index contributed by atoms with van der Waals surface area (Å²) in [6.07, 6.45) is 0.488. The minimum Gasteiger partial charge on any atom is -0.484 e. The Labute approximate surface area is 182 Å². The zero-order valence-corrected chi connectivity index (χ0v) is 17.6. The maximum atomic E-state index is 13.0. The molecule has 1 amide bonds. The summed E-state index contributed by atoms with van der Waals surface area (Å²) in [7, 11) is 0. The molecule has 0 aliphatic carbocycles. The maximum Gasteiger partial charge on any atom is 0.260 e. The smallest absolute Gasteiger partial charge is 0.260 e. The molecule has 4 rings (SSSR count). The molecule has 1 aliphatic rings. The Bertz CT molecular complexity index is 1020. The van der Waals surface area contributed by atoms with E-state index in [1.54, 1.807) is 4.90 Å². The van der Waals surface area contributed by atoms with Gasteiger partial charge in [-0.15, -0.1) is 0 Å². The molecule has 3 aromatic carbocycles. The van der Waals surface area contributed by atoms with Gasteiger partial charge in [0.2, 0.25) is 0 Å². The second-order valence-corrected chi connectivity index (χ2v) is 7.70. The Morgan fingerprint density at radius 2 is 1.68 bits per heavy atom. The van der Waals surface area contributed by atoms with E-state index in [4.69, 9.17) is 9.57 Å². The molecule has 1 heterocycles. The van der Waals surface area contributed by atoms with Crippen LogP contribution in [0.25, 0.3) is 0 Å². The fourth-order valence-electron chi connectivity index (χ4n) is 3.50. The maximum absolute atomic E-state index is 13.0. The van der Waals surface area contributed by atoms with Gasteiger partial charge >= 0.3 is 0 Å². The van der Waals surface area contributed by atoms with E-state index in [1.165, 1.54) is 5.56 Å². The first-order valence-electron chi connectivity index (χ1n) is 10.5. The highest BCUT2D eigenvalue weighted by atomic mass is 16.6. The first-order chi connectivity index (χ1) is 15.2. The average Bonchev–Trinajstić information content (AvgIpc) is 3.27. The van der Waals surface area contributed by atoms with Gasteiger partial charge in [-0.3, -0.25) is 4.79 Å². The summed E-state index contributed by atoms with van der Waals surface area (Å²) in [6, 6.07) is 27.6. The number of amides is 1. The molecule has 1 atom stereocenters. The van der Waals surface area contributed by atoms with E-state index >= 15 is 0 Å². The summed E-state index contributed by atoms with van der Waals surface area (Å²) in [5.41, 5.74) is 4.24. The van der Waals surface area contributed by atoms with E-state index in [9.17, 15) is 4.79 Å². The molecular weight excluding hydrogens is 388 g/mol. The standard InChI is InChI=1S/C26H26N2O3/c1-20-12-14-22(15-13-20)25-16-24(31-27-25)18-28(17-21-8-4-2-5-9-21)26(29)19-30-23-10-6-3-7-11-23/h2-15,24H,16-19H2,1H3/t24-/m0/s1. The first kappa shape index (κ1) is 20.7. The topological polar surface area (TPSA) is 51.1 Å². The highest BCUT2D eigenvalue weighted by Crippen LogP contribution is 2.19. The lowest BCUT2D eigenvalue weighted by Gasteiger charge is -2.25. The second-order valence-electron chi connectivity index (χ2n) is 7.70. The van der Waals surface area contributed by atoms with Crippen LogP contribution in [0.3, 0.4) is 0 Å². The van der Waals surface area contributed by atoms with E-state index < -0.39 is 0 Å². The molecule has 0 fully saturated rings. The summed E-state index contributed by atoms with van der Waals surface area (Å²) in [5.74, 6) is 0.595. The molecule has 31 heavy (non-hydrogen) atoms. The fraction of sp³-hybridized carbons (Fsp3) is 0.231. The third-order valence-corrected chi connectivity index (χ3v) is 5.22. The second kappa shape index (κ2) is 9.94. The Kier molecular flexibility index (Phi) is 6.62. The third kappa shape index (κ3) is 5.72. The van der Waals surface area contributed by atoms with Crippen molar-refractivity contribution >= 4 is 11.6 Å². The van der Waals surface area contributed by atoms with Gasteiger partial charge in [-0.05, 0) is 30.2 Å². The van der Waals surface area contributed by atoms with Crippen LogP contribution in [0, 0.1) is 6.92 Å². The minimum atomic E-state index is -0.180. The lowest BCUT2D eigenvalue weighted by atomic mass is 10.0. The normalized spacial score (nSPS) is 15.1. The lowest BCUT2D eigenvalue weighted by molar-refractivity contribution is -0.135. The molecule has 158 valence electrons. The van der Waals surface area contributed by atoms with Gasteiger partial charge in [0.15, 0.2) is 12.7 Å². The fourth-order valence-corrected chi connectivity index (χ4v) is 3.50. The highest BCUT2D eigenvalue weighted by Gasteiger charge is 2.27. The molecule has 0 bridgehead atoms. The van der Waals surface area contributed by atoms with Crippen molar-refractivity contribution in [2.45, 2.75) is 26.0 Å². The number of ether oxygens (including phenoxy) is 1. The molecule has 0 saturated heterocycles. The third-order valence-electron chi connectivity index (χ3n) is 5.22. The Balaban J connectivity index is 1.40. The van der Waals surface area contributed by atoms with Crippen molar-refractivity contribution in [3.63, 3.8) is 0 Å². The molecule has 0 unspecified atom stereocenters. The zero-order valence-electron chi connectivity index (χ0n) is 17.6. The number of oxime groups is 1. The van der Waals surface area contributed by atoms with Gasteiger partial charge in [0.05, 0.1) is 12.3 Å². The molecule has 0 aromatic heterocycles. The van der Waals surface area contributed by atoms with E-state index in [0.29, 0.717) is 25.3 Å². The van der Waals surface area contributed by atoms with Gasteiger partial charge in [0, 0.05) is 13.0 Å². The van der Waals surface area contributed by atoms with E-state index in [1.807, 2.05) is 60.7 Å². The molecular formula is C26H26N2O3. The van der Waals surface area contributed by atoms with E-state index in [2.05, 4.69) is 36.3 Å². The van der Waals surface area contributed by atoms with Gasteiger partial charge in [-0.1, -0.05) is 83.5 Å². The van der Waals surface area contributed by atoms with Crippen molar-refractivity contribution in [1.82, 2.24) is 4.90 Å². The average molecular weight is 415 g/mol. The SMILES string of the molecule is Cc1ccc(C2=NO[C@H](CN(Cc3ccccc3)C(=O)COc3ccccc3)C2)cc1. The molecule has 3 aromatic rings. The Morgan fingerprint density at radius 3 is 2.39 bits per heavy atom. The van der Waals surface area contributed by atoms with E-state index in [0.717, 1.165) is 16.8 Å². The molecule has 0 spiro atoms. The Hall–Kier alpha value is -3.60. The van der Waals surface area contributed by atoms with Crippen molar-refractivity contribution in [3.8, 4) is 5.75 Å². The summed E-state index contributed by atoms with van der Waals surface area (Å²) in [6.45, 7) is 2.99. The summed E-state index contributed by atoms with van der Waals surface area (Å²) in [4.78, 5) is 20.5. The quantitative estimate of drug-likeness (QED) is 0.541. The van der Waals surface area contributed by atoms with Crippen molar-refractivity contribution in [2.24, 2.45) is 5.16 Å². The molecule has 0 saturated carbocycles. The summed E-state index contributed by atoms with van der Waals surface area (Å²) < 4.78 is 5.69. The molecule has 5 nitrogen and oxygen atoms in total. The predicted molar refractivity (Wildman–Crippen MR) is 121 cm³/mol. The highest BCUT2D eigenvalue weighted by molar-refractivity contribution is 6.01. The number of nitrogens with zero attached hydrogens (tertiary/aromatic N) is 2.